The van der Waals surface area contributed by atoms with Crippen molar-refractivity contribution in [1.29, 1.82) is 0 Å². The molecule has 0 aliphatic carbocycles. The molecule has 1 aromatic heterocycles. The Bertz CT molecular complexity index is 569. The van der Waals surface area contributed by atoms with Gasteiger partial charge in [0.2, 0.25) is 0 Å². The van der Waals surface area contributed by atoms with Crippen molar-refractivity contribution in [3.8, 4) is 0 Å². The Hall–Kier alpha value is -1.04. The summed E-state index contributed by atoms with van der Waals surface area (Å²) in [7, 11) is 2.00. The van der Waals surface area contributed by atoms with Crippen molar-refractivity contribution >= 4 is 21.6 Å². The Morgan fingerprint density at radius 2 is 2.42 bits per heavy atom. The molecule has 0 amide bonds. The lowest BCUT2D eigenvalue weighted by atomic mass is 10.1. The van der Waals surface area contributed by atoms with E-state index in [2.05, 4.69) is 15.2 Å². The molecule has 102 valence electrons. The number of nitrogens with zero attached hydrogens (tertiary/aromatic N) is 2. The number of nitrogens with one attached hydrogen (secondary N) is 1. The first-order valence-corrected chi connectivity index (χ1v) is 7.48. The van der Waals surface area contributed by atoms with Gasteiger partial charge in [0.1, 0.15) is 10.8 Å². The summed E-state index contributed by atoms with van der Waals surface area (Å²) in [6, 6.07) is 4.81. The van der Waals surface area contributed by atoms with E-state index in [1.54, 1.807) is 23.5 Å². The summed E-state index contributed by atoms with van der Waals surface area (Å²) >= 11 is 1.60. The van der Waals surface area contributed by atoms with E-state index in [4.69, 9.17) is 0 Å². The van der Waals surface area contributed by atoms with E-state index in [-0.39, 0.29) is 5.82 Å². The van der Waals surface area contributed by atoms with Crippen LogP contribution in [0.4, 0.5) is 4.39 Å². The molecular weight excluding hydrogens is 261 g/mol. The van der Waals surface area contributed by atoms with Gasteiger partial charge in [-0.25, -0.2) is 9.37 Å². The lowest BCUT2D eigenvalue weighted by Crippen LogP contribution is -2.24. The normalized spacial score (nSPS) is 20.4. The molecule has 19 heavy (non-hydrogen) atoms. The number of aromatic nitrogens is 1. The maximum absolute atomic E-state index is 13.1. The molecule has 5 heteroatoms. The minimum atomic E-state index is -0.182. The van der Waals surface area contributed by atoms with E-state index in [9.17, 15) is 4.39 Å². The molecule has 3 rings (SSSR count). The number of halogens is 1. The molecule has 0 saturated carbocycles. The van der Waals surface area contributed by atoms with Crippen molar-refractivity contribution in [3.63, 3.8) is 0 Å². The molecular formula is C14H18FN3S. The fourth-order valence-electron chi connectivity index (χ4n) is 2.72. The number of likely N-dealkylation sites (tertiary alicyclic amines) is 1. The molecule has 0 spiro atoms. The van der Waals surface area contributed by atoms with Crippen LogP contribution in [0.1, 0.15) is 11.4 Å². The Morgan fingerprint density at radius 1 is 1.53 bits per heavy atom. The highest BCUT2D eigenvalue weighted by atomic mass is 32.1. The number of rotatable bonds is 4. The molecule has 0 bridgehead atoms. The predicted molar refractivity (Wildman–Crippen MR) is 76.9 cm³/mol. The Morgan fingerprint density at radius 3 is 3.26 bits per heavy atom. The standard InChI is InChI=1S/C14H18FN3S/c1-16-7-10-4-5-18(8-10)9-14-17-12-3-2-11(15)6-13(12)19-14/h2-3,6,10,16H,4-5,7-9H2,1H3. The summed E-state index contributed by atoms with van der Waals surface area (Å²) in [4.78, 5) is 7.02. The lowest BCUT2D eigenvalue weighted by Gasteiger charge is -2.13. The number of thiazole rings is 1. The van der Waals surface area contributed by atoms with Gasteiger partial charge in [0, 0.05) is 6.54 Å². The third-order valence-corrected chi connectivity index (χ3v) is 4.62. The second kappa shape index (κ2) is 5.53. The zero-order valence-electron chi connectivity index (χ0n) is 11.0. The molecule has 1 aliphatic rings. The quantitative estimate of drug-likeness (QED) is 0.932. The zero-order chi connectivity index (χ0) is 13.2. The molecule has 1 aliphatic heterocycles. The Balaban J connectivity index is 1.68. The summed E-state index contributed by atoms with van der Waals surface area (Å²) < 4.78 is 14.1. The van der Waals surface area contributed by atoms with Crippen LogP contribution < -0.4 is 5.32 Å². The fraction of sp³-hybridized carbons (Fsp3) is 0.500. The van der Waals surface area contributed by atoms with Crippen molar-refractivity contribution in [2.45, 2.75) is 13.0 Å². The van der Waals surface area contributed by atoms with E-state index in [0.717, 1.165) is 47.3 Å². The molecule has 1 fully saturated rings. The summed E-state index contributed by atoms with van der Waals surface area (Å²) in [5.41, 5.74) is 0.910. The summed E-state index contributed by atoms with van der Waals surface area (Å²) in [6.45, 7) is 4.24. The van der Waals surface area contributed by atoms with Gasteiger partial charge in [0.25, 0.3) is 0 Å². The average Bonchev–Trinajstić information content (AvgIpc) is 2.96. The molecule has 1 saturated heterocycles. The highest BCUT2D eigenvalue weighted by Gasteiger charge is 2.22. The number of benzene rings is 1. The van der Waals surface area contributed by atoms with Crippen LogP contribution in [0.2, 0.25) is 0 Å². The molecule has 1 aromatic carbocycles. The third kappa shape index (κ3) is 2.94. The van der Waals surface area contributed by atoms with Gasteiger partial charge in [0.15, 0.2) is 0 Å². The van der Waals surface area contributed by atoms with E-state index in [1.807, 2.05) is 7.05 Å². The SMILES string of the molecule is CNCC1CCN(Cc2nc3ccc(F)cc3s2)C1. The lowest BCUT2D eigenvalue weighted by molar-refractivity contribution is 0.315. The van der Waals surface area contributed by atoms with Gasteiger partial charge in [-0.05, 0) is 50.7 Å². The Labute approximate surface area is 116 Å². The van der Waals surface area contributed by atoms with Crippen LogP contribution in [0.5, 0.6) is 0 Å². The van der Waals surface area contributed by atoms with Crippen LogP contribution in [-0.4, -0.2) is 36.6 Å². The van der Waals surface area contributed by atoms with Crippen LogP contribution in [0, 0.1) is 11.7 Å². The van der Waals surface area contributed by atoms with Gasteiger partial charge in [-0.15, -0.1) is 11.3 Å². The monoisotopic (exact) mass is 279 g/mol. The molecule has 1 atom stereocenters. The van der Waals surface area contributed by atoms with E-state index >= 15 is 0 Å². The second-order valence-corrected chi connectivity index (χ2v) is 6.28. The largest absolute Gasteiger partial charge is 0.319 e. The van der Waals surface area contributed by atoms with Crippen LogP contribution in [0.25, 0.3) is 10.2 Å². The second-order valence-electron chi connectivity index (χ2n) is 5.17. The average molecular weight is 279 g/mol. The number of hydrogen-bond acceptors (Lipinski definition) is 4. The summed E-state index contributed by atoms with van der Waals surface area (Å²) in [5, 5.41) is 4.33. The van der Waals surface area contributed by atoms with E-state index in [0.29, 0.717) is 0 Å². The van der Waals surface area contributed by atoms with Crippen molar-refractivity contribution in [2.24, 2.45) is 5.92 Å². The smallest absolute Gasteiger partial charge is 0.124 e. The van der Waals surface area contributed by atoms with Crippen molar-refractivity contribution in [1.82, 2.24) is 15.2 Å². The maximum Gasteiger partial charge on any atom is 0.124 e. The third-order valence-electron chi connectivity index (χ3n) is 3.62. The summed E-state index contributed by atoms with van der Waals surface area (Å²) in [6.07, 6.45) is 1.25. The van der Waals surface area contributed by atoms with Gasteiger partial charge < -0.3 is 5.32 Å². The highest BCUT2D eigenvalue weighted by molar-refractivity contribution is 7.18. The van der Waals surface area contributed by atoms with Crippen molar-refractivity contribution < 1.29 is 4.39 Å². The zero-order valence-corrected chi connectivity index (χ0v) is 11.8. The minimum absolute atomic E-state index is 0.182. The minimum Gasteiger partial charge on any atom is -0.319 e. The van der Waals surface area contributed by atoms with Crippen LogP contribution in [0.3, 0.4) is 0 Å². The van der Waals surface area contributed by atoms with Gasteiger partial charge in [-0.1, -0.05) is 0 Å². The first-order valence-electron chi connectivity index (χ1n) is 6.66. The van der Waals surface area contributed by atoms with Crippen molar-refractivity contribution in [3.05, 3.63) is 29.0 Å². The first-order chi connectivity index (χ1) is 9.24. The van der Waals surface area contributed by atoms with Gasteiger partial charge in [0.05, 0.1) is 16.8 Å². The molecule has 1 N–H and O–H groups in total. The molecule has 1 unspecified atom stereocenters. The molecule has 3 nitrogen and oxygen atoms in total. The Kier molecular flexibility index (Phi) is 3.77. The van der Waals surface area contributed by atoms with Crippen LogP contribution >= 0.6 is 11.3 Å². The summed E-state index contributed by atoms with van der Waals surface area (Å²) in [5.74, 6) is 0.565. The molecule has 0 radical (unpaired) electrons. The maximum atomic E-state index is 13.1. The van der Waals surface area contributed by atoms with Crippen LogP contribution in [-0.2, 0) is 6.54 Å². The first kappa shape index (κ1) is 13.0. The van der Waals surface area contributed by atoms with E-state index in [1.165, 1.54) is 12.5 Å². The number of hydrogen-bond donors (Lipinski definition) is 1. The van der Waals surface area contributed by atoms with Gasteiger partial charge in [-0.3, -0.25) is 4.90 Å². The topological polar surface area (TPSA) is 28.2 Å². The van der Waals surface area contributed by atoms with E-state index < -0.39 is 0 Å². The van der Waals surface area contributed by atoms with Crippen LogP contribution in [0.15, 0.2) is 18.2 Å². The highest BCUT2D eigenvalue weighted by Crippen LogP contribution is 2.25. The molecule has 2 aromatic rings. The van der Waals surface area contributed by atoms with Crippen molar-refractivity contribution in [2.75, 3.05) is 26.7 Å². The fourth-order valence-corrected chi connectivity index (χ4v) is 3.75. The number of fused-ring (bicyclic) bond motifs is 1. The molecule has 2 heterocycles. The van der Waals surface area contributed by atoms with Gasteiger partial charge in [-0.2, -0.15) is 0 Å². The predicted octanol–water partition coefficient (Wildman–Crippen LogP) is 2.48. The van der Waals surface area contributed by atoms with Gasteiger partial charge >= 0.3 is 0 Å².